The van der Waals surface area contributed by atoms with Crippen molar-refractivity contribution in [3.63, 3.8) is 0 Å². The Balaban J connectivity index is 1.23. The number of nitrogens with zero attached hydrogens (tertiary/aromatic N) is 1. The molecule has 11 rings (SSSR count). The van der Waals surface area contributed by atoms with Crippen molar-refractivity contribution in [2.24, 2.45) is 0 Å². The lowest BCUT2D eigenvalue weighted by Gasteiger charge is -2.34. The van der Waals surface area contributed by atoms with Gasteiger partial charge in [-0.3, -0.25) is 0 Å². The third-order valence-corrected chi connectivity index (χ3v) is 13.2. The molecule has 10 aromatic rings. The van der Waals surface area contributed by atoms with E-state index in [-0.39, 0.29) is 0 Å². The summed E-state index contributed by atoms with van der Waals surface area (Å²) in [5.41, 5.74) is 10.7. The molecule has 1 aliphatic carbocycles. The Hall–Kier alpha value is -6.00. The largest absolute Gasteiger partial charge is 0.310 e. The van der Waals surface area contributed by atoms with Crippen LogP contribution in [0.15, 0.2) is 188 Å². The Labute approximate surface area is 310 Å². The molecule has 1 nitrogen and oxygen atoms in total. The van der Waals surface area contributed by atoms with Gasteiger partial charge in [0.2, 0.25) is 0 Å². The van der Waals surface area contributed by atoms with Gasteiger partial charge in [0.1, 0.15) is 0 Å². The van der Waals surface area contributed by atoms with Crippen LogP contribution in [0.5, 0.6) is 0 Å². The van der Waals surface area contributed by atoms with E-state index >= 15 is 0 Å². The van der Waals surface area contributed by atoms with E-state index in [4.69, 9.17) is 0 Å². The summed E-state index contributed by atoms with van der Waals surface area (Å²) in [6.07, 6.45) is 0. The number of anilines is 3. The van der Waals surface area contributed by atoms with Crippen molar-refractivity contribution in [2.45, 2.75) is 5.41 Å². The van der Waals surface area contributed by atoms with E-state index in [0.717, 1.165) is 11.4 Å². The molecule has 0 amide bonds. The van der Waals surface area contributed by atoms with Crippen molar-refractivity contribution in [1.82, 2.24) is 0 Å². The molecular formula is C49H31NS2. The first-order valence-corrected chi connectivity index (χ1v) is 19.4. The Morgan fingerprint density at radius 1 is 0.365 bits per heavy atom. The molecule has 0 saturated heterocycles. The first-order valence-electron chi connectivity index (χ1n) is 17.8. The summed E-state index contributed by atoms with van der Waals surface area (Å²) in [6.45, 7) is 0. The number of benzene rings is 8. The van der Waals surface area contributed by atoms with Crippen molar-refractivity contribution < 1.29 is 0 Å². The monoisotopic (exact) mass is 697 g/mol. The molecule has 244 valence electrons. The standard InChI is InChI=1S/C49H31NS2/c1-3-14-32(15-4-1)49(33-16-5-2-6-17-33)41-21-10-7-20-40(41)48-42(49)22-13-23-43(48)50(34-26-28-38-36-18-8-11-24-44(36)51-46(38)30-34)35-27-29-39-37-19-9-12-25-45(37)52-47(39)31-35/h1-31H. The van der Waals surface area contributed by atoms with E-state index in [1.54, 1.807) is 0 Å². The summed E-state index contributed by atoms with van der Waals surface area (Å²) in [4.78, 5) is 2.51. The maximum atomic E-state index is 2.51. The molecule has 0 aliphatic heterocycles. The molecule has 3 heteroatoms. The van der Waals surface area contributed by atoms with E-state index in [2.05, 4.69) is 193 Å². The van der Waals surface area contributed by atoms with Gasteiger partial charge in [-0.05, 0) is 70.3 Å². The second-order valence-corrected chi connectivity index (χ2v) is 15.8. The van der Waals surface area contributed by atoms with Crippen molar-refractivity contribution in [3.8, 4) is 11.1 Å². The van der Waals surface area contributed by atoms with E-state index in [9.17, 15) is 0 Å². The Bertz CT molecular complexity index is 2820. The molecule has 52 heavy (non-hydrogen) atoms. The molecule has 0 spiro atoms. The molecular weight excluding hydrogens is 667 g/mol. The SMILES string of the molecule is c1ccc(C2(c3ccccc3)c3ccccc3-c3c(N(c4ccc5c(c4)sc4ccccc45)c4ccc5c(c4)sc4ccccc45)cccc32)cc1. The number of rotatable bonds is 5. The quantitative estimate of drug-likeness (QED) is 0.173. The Morgan fingerprint density at radius 2 is 0.846 bits per heavy atom. The minimum atomic E-state index is -0.471. The fraction of sp³-hybridized carbons (Fsp3) is 0.0204. The molecule has 0 atom stereocenters. The first kappa shape index (κ1) is 29.7. The summed E-state index contributed by atoms with van der Waals surface area (Å²) in [6, 6.07) is 69.8. The zero-order valence-corrected chi connectivity index (χ0v) is 29.8. The topological polar surface area (TPSA) is 3.24 Å². The van der Waals surface area contributed by atoms with Crippen LogP contribution in [0.3, 0.4) is 0 Å². The predicted octanol–water partition coefficient (Wildman–Crippen LogP) is 14.3. The van der Waals surface area contributed by atoms with E-state index < -0.39 is 5.41 Å². The minimum absolute atomic E-state index is 0.471. The van der Waals surface area contributed by atoms with Crippen LogP contribution in [0.4, 0.5) is 17.1 Å². The van der Waals surface area contributed by atoms with Gasteiger partial charge >= 0.3 is 0 Å². The Kier molecular flexibility index (Phi) is 6.57. The highest BCUT2D eigenvalue weighted by atomic mass is 32.1. The summed E-state index contributed by atoms with van der Waals surface area (Å²) < 4.78 is 5.22. The van der Waals surface area contributed by atoms with Crippen LogP contribution in [0.25, 0.3) is 51.5 Å². The van der Waals surface area contributed by atoms with Gasteiger partial charge in [0.05, 0.1) is 11.1 Å². The van der Waals surface area contributed by atoms with Crippen molar-refractivity contribution in [3.05, 3.63) is 210 Å². The lowest BCUT2D eigenvalue weighted by Crippen LogP contribution is -2.28. The Morgan fingerprint density at radius 3 is 1.44 bits per heavy atom. The average Bonchev–Trinajstić information content (AvgIpc) is 3.87. The van der Waals surface area contributed by atoms with Crippen LogP contribution in [-0.2, 0) is 5.41 Å². The molecule has 0 saturated carbocycles. The van der Waals surface area contributed by atoms with Crippen LogP contribution in [0, 0.1) is 0 Å². The molecule has 2 aromatic heterocycles. The highest BCUT2D eigenvalue weighted by Crippen LogP contribution is 2.59. The second kappa shape index (κ2) is 11.5. The highest BCUT2D eigenvalue weighted by molar-refractivity contribution is 7.26. The van der Waals surface area contributed by atoms with E-state index in [1.165, 1.54) is 79.4 Å². The minimum Gasteiger partial charge on any atom is -0.310 e. The van der Waals surface area contributed by atoms with Gasteiger partial charge in [-0.15, -0.1) is 22.7 Å². The fourth-order valence-corrected chi connectivity index (χ4v) is 11.1. The first-order chi connectivity index (χ1) is 25.8. The zero-order chi connectivity index (χ0) is 34.2. The van der Waals surface area contributed by atoms with Gasteiger partial charge in [0, 0.05) is 57.3 Å². The molecule has 8 aromatic carbocycles. The van der Waals surface area contributed by atoms with Gasteiger partial charge in [-0.2, -0.15) is 0 Å². The van der Waals surface area contributed by atoms with Crippen LogP contribution >= 0.6 is 22.7 Å². The normalized spacial score (nSPS) is 13.2. The predicted molar refractivity (Wildman–Crippen MR) is 224 cm³/mol. The number of hydrogen-bond acceptors (Lipinski definition) is 3. The maximum Gasteiger partial charge on any atom is 0.0714 e. The second-order valence-electron chi connectivity index (χ2n) is 13.6. The number of fused-ring (bicyclic) bond motifs is 9. The highest BCUT2D eigenvalue weighted by Gasteiger charge is 2.47. The summed E-state index contributed by atoms with van der Waals surface area (Å²) in [7, 11) is 0. The molecule has 0 bridgehead atoms. The maximum absolute atomic E-state index is 2.51. The number of hydrogen-bond donors (Lipinski definition) is 0. The van der Waals surface area contributed by atoms with Crippen LogP contribution in [-0.4, -0.2) is 0 Å². The van der Waals surface area contributed by atoms with Gasteiger partial charge < -0.3 is 4.90 Å². The van der Waals surface area contributed by atoms with Crippen LogP contribution in [0.1, 0.15) is 22.3 Å². The van der Waals surface area contributed by atoms with Gasteiger partial charge in [0.25, 0.3) is 0 Å². The van der Waals surface area contributed by atoms with Crippen LogP contribution < -0.4 is 4.90 Å². The average molecular weight is 698 g/mol. The third-order valence-electron chi connectivity index (χ3n) is 10.9. The molecule has 0 radical (unpaired) electrons. The van der Waals surface area contributed by atoms with Crippen molar-refractivity contribution in [2.75, 3.05) is 4.90 Å². The van der Waals surface area contributed by atoms with Crippen molar-refractivity contribution in [1.29, 1.82) is 0 Å². The van der Waals surface area contributed by atoms with Crippen LogP contribution in [0.2, 0.25) is 0 Å². The lowest BCUT2D eigenvalue weighted by molar-refractivity contribution is 0.768. The zero-order valence-electron chi connectivity index (χ0n) is 28.2. The molecule has 1 aliphatic rings. The molecule has 0 fully saturated rings. The van der Waals surface area contributed by atoms with E-state index in [0.29, 0.717) is 0 Å². The summed E-state index contributed by atoms with van der Waals surface area (Å²) >= 11 is 3.75. The number of thiophene rings is 2. The smallest absolute Gasteiger partial charge is 0.0714 e. The lowest BCUT2D eigenvalue weighted by atomic mass is 9.68. The molecule has 2 heterocycles. The van der Waals surface area contributed by atoms with Gasteiger partial charge in [0.15, 0.2) is 0 Å². The summed E-state index contributed by atoms with van der Waals surface area (Å²) in [5, 5.41) is 5.25. The van der Waals surface area contributed by atoms with Gasteiger partial charge in [-0.1, -0.05) is 146 Å². The summed E-state index contributed by atoms with van der Waals surface area (Å²) in [5.74, 6) is 0. The van der Waals surface area contributed by atoms with Gasteiger partial charge in [-0.25, -0.2) is 0 Å². The van der Waals surface area contributed by atoms with E-state index in [1.807, 2.05) is 22.7 Å². The molecule has 0 N–H and O–H groups in total. The third kappa shape index (κ3) is 4.21. The molecule has 0 unspecified atom stereocenters. The fourth-order valence-electron chi connectivity index (χ4n) is 8.79. The van der Waals surface area contributed by atoms with Crippen molar-refractivity contribution >= 4 is 80.1 Å².